The fourth-order valence-electron chi connectivity index (χ4n) is 2.78. The standard InChI is InChI=1S/C18H11ClN6O6S/c1-8(26)21-15-16(23-31-22-15)24-17(27)14(32-18(24)20)7-10-3-5-13(30-10)9-2-4-11(19)12(6-9)25(28)29/h2-7,20H,1H3,(H,21,22,26)/b14-7+,20-18?. The molecular formula is C18H11ClN6O6S. The molecule has 3 heterocycles. The van der Waals surface area contributed by atoms with Crippen LogP contribution in [-0.2, 0) is 9.59 Å². The molecule has 12 nitrogen and oxygen atoms in total. The highest BCUT2D eigenvalue weighted by atomic mass is 35.5. The summed E-state index contributed by atoms with van der Waals surface area (Å²) in [5.74, 6) is -0.658. The fourth-order valence-corrected chi connectivity index (χ4v) is 3.79. The van der Waals surface area contributed by atoms with Crippen molar-refractivity contribution in [2.75, 3.05) is 10.2 Å². The molecule has 0 aliphatic carbocycles. The third kappa shape index (κ3) is 3.98. The topological polar surface area (TPSA) is 168 Å². The summed E-state index contributed by atoms with van der Waals surface area (Å²) < 4.78 is 10.3. The van der Waals surface area contributed by atoms with E-state index in [4.69, 9.17) is 21.4 Å². The summed E-state index contributed by atoms with van der Waals surface area (Å²) >= 11 is 6.68. The maximum atomic E-state index is 12.8. The van der Waals surface area contributed by atoms with E-state index >= 15 is 0 Å². The molecule has 0 saturated carbocycles. The Morgan fingerprint density at radius 2 is 2.12 bits per heavy atom. The summed E-state index contributed by atoms with van der Waals surface area (Å²) in [5.41, 5.74) is 0.168. The van der Waals surface area contributed by atoms with Gasteiger partial charge in [-0.05, 0) is 46.3 Å². The molecule has 1 saturated heterocycles. The maximum Gasteiger partial charge on any atom is 0.288 e. The van der Waals surface area contributed by atoms with Gasteiger partial charge in [0, 0.05) is 24.6 Å². The van der Waals surface area contributed by atoms with E-state index in [1.54, 1.807) is 18.2 Å². The zero-order chi connectivity index (χ0) is 23.0. The molecule has 0 spiro atoms. The summed E-state index contributed by atoms with van der Waals surface area (Å²) in [5, 5.41) is 28.5. The number of anilines is 2. The van der Waals surface area contributed by atoms with Gasteiger partial charge >= 0.3 is 0 Å². The third-order valence-electron chi connectivity index (χ3n) is 4.13. The van der Waals surface area contributed by atoms with Crippen molar-refractivity contribution in [1.29, 1.82) is 5.41 Å². The molecule has 1 fully saturated rings. The minimum absolute atomic E-state index is 0.000168. The number of amidine groups is 1. The number of halogens is 1. The number of furan rings is 1. The minimum atomic E-state index is -0.598. The van der Waals surface area contributed by atoms with Crippen LogP contribution in [0.4, 0.5) is 17.3 Å². The van der Waals surface area contributed by atoms with Crippen LogP contribution < -0.4 is 10.2 Å². The normalized spacial score (nSPS) is 14.9. The zero-order valence-electron chi connectivity index (χ0n) is 16.0. The number of nitro benzene ring substituents is 1. The van der Waals surface area contributed by atoms with Crippen LogP contribution in [0.5, 0.6) is 0 Å². The van der Waals surface area contributed by atoms with Gasteiger partial charge < -0.3 is 9.73 Å². The SMILES string of the molecule is CC(=O)Nc1nonc1N1C(=N)S/C(=C/c2ccc(-c3ccc(Cl)c([N+](=O)[O-])c3)o2)C1=O. The van der Waals surface area contributed by atoms with Crippen LogP contribution >= 0.6 is 23.4 Å². The number of hydrogen-bond acceptors (Lipinski definition) is 10. The van der Waals surface area contributed by atoms with Crippen molar-refractivity contribution >= 4 is 63.7 Å². The van der Waals surface area contributed by atoms with Crippen molar-refractivity contribution < 1.29 is 23.6 Å². The largest absolute Gasteiger partial charge is 0.457 e. The Morgan fingerprint density at radius 3 is 2.84 bits per heavy atom. The predicted octanol–water partition coefficient (Wildman–Crippen LogP) is 3.91. The van der Waals surface area contributed by atoms with Crippen LogP contribution in [0, 0.1) is 15.5 Å². The first-order valence-electron chi connectivity index (χ1n) is 8.71. The number of amides is 2. The van der Waals surface area contributed by atoms with E-state index in [0.29, 0.717) is 11.3 Å². The molecule has 0 radical (unpaired) electrons. The Kier molecular flexibility index (Phi) is 5.50. The van der Waals surface area contributed by atoms with Crippen LogP contribution in [0.15, 0.2) is 44.3 Å². The highest BCUT2D eigenvalue weighted by Crippen LogP contribution is 2.38. The molecule has 0 atom stereocenters. The molecule has 2 aromatic heterocycles. The van der Waals surface area contributed by atoms with Gasteiger partial charge in [0.15, 0.2) is 5.17 Å². The second kappa shape index (κ2) is 8.28. The number of nitro groups is 1. The number of carbonyl (C=O) groups is 2. The van der Waals surface area contributed by atoms with E-state index in [1.165, 1.54) is 25.1 Å². The Balaban J connectivity index is 1.61. The molecule has 2 N–H and O–H groups in total. The van der Waals surface area contributed by atoms with Crippen LogP contribution in [-0.4, -0.2) is 32.2 Å². The van der Waals surface area contributed by atoms with Crippen molar-refractivity contribution in [2.45, 2.75) is 6.92 Å². The molecule has 0 unspecified atom stereocenters. The number of nitrogens with one attached hydrogen (secondary N) is 2. The Labute approximate surface area is 187 Å². The van der Waals surface area contributed by atoms with E-state index < -0.39 is 16.7 Å². The molecule has 32 heavy (non-hydrogen) atoms. The van der Waals surface area contributed by atoms with Crippen LogP contribution in [0.3, 0.4) is 0 Å². The van der Waals surface area contributed by atoms with E-state index in [9.17, 15) is 19.7 Å². The average molecular weight is 475 g/mol. The third-order valence-corrected chi connectivity index (χ3v) is 5.34. The van der Waals surface area contributed by atoms with Gasteiger partial charge in [-0.3, -0.25) is 25.1 Å². The first kappa shape index (κ1) is 21.3. The van der Waals surface area contributed by atoms with E-state index in [-0.39, 0.29) is 38.2 Å². The second-order valence-electron chi connectivity index (χ2n) is 6.30. The number of benzene rings is 1. The fraction of sp³-hybridized carbons (Fsp3) is 0.0556. The molecule has 162 valence electrons. The molecule has 14 heteroatoms. The van der Waals surface area contributed by atoms with Crippen molar-refractivity contribution in [1.82, 2.24) is 10.3 Å². The smallest absolute Gasteiger partial charge is 0.288 e. The minimum Gasteiger partial charge on any atom is -0.457 e. The number of hydrogen-bond donors (Lipinski definition) is 2. The van der Waals surface area contributed by atoms with Crippen molar-refractivity contribution in [3.8, 4) is 11.3 Å². The van der Waals surface area contributed by atoms with Crippen LogP contribution in [0.2, 0.25) is 5.02 Å². The van der Waals surface area contributed by atoms with Gasteiger partial charge in [-0.25, -0.2) is 9.53 Å². The summed E-state index contributed by atoms with van der Waals surface area (Å²) in [6, 6.07) is 7.40. The van der Waals surface area contributed by atoms with Crippen molar-refractivity contribution in [3.63, 3.8) is 0 Å². The molecule has 2 amide bonds. The molecule has 0 bridgehead atoms. The van der Waals surface area contributed by atoms with E-state index in [2.05, 4.69) is 20.3 Å². The summed E-state index contributed by atoms with van der Waals surface area (Å²) in [6.45, 7) is 1.25. The lowest BCUT2D eigenvalue weighted by Crippen LogP contribution is -2.29. The Bertz CT molecular complexity index is 1310. The quantitative estimate of drug-likeness (QED) is 0.316. The summed E-state index contributed by atoms with van der Waals surface area (Å²) in [7, 11) is 0. The molecule has 3 aromatic rings. The van der Waals surface area contributed by atoms with Crippen LogP contribution in [0.1, 0.15) is 12.7 Å². The van der Waals surface area contributed by atoms with Gasteiger partial charge in [0.05, 0.1) is 9.83 Å². The van der Waals surface area contributed by atoms with Crippen LogP contribution in [0.25, 0.3) is 17.4 Å². The lowest BCUT2D eigenvalue weighted by atomic mass is 10.1. The average Bonchev–Trinajstić information content (AvgIpc) is 3.43. The first-order valence-corrected chi connectivity index (χ1v) is 9.91. The highest BCUT2D eigenvalue weighted by molar-refractivity contribution is 8.19. The van der Waals surface area contributed by atoms with Crippen molar-refractivity contribution in [2.24, 2.45) is 0 Å². The maximum absolute atomic E-state index is 12.8. The van der Waals surface area contributed by atoms with Gasteiger partial charge in [0.1, 0.15) is 16.5 Å². The predicted molar refractivity (Wildman–Crippen MR) is 115 cm³/mol. The molecular weight excluding hydrogens is 464 g/mol. The molecule has 1 aliphatic rings. The van der Waals surface area contributed by atoms with Crippen molar-refractivity contribution in [3.05, 3.63) is 56.1 Å². The summed E-state index contributed by atoms with van der Waals surface area (Å²) in [4.78, 5) is 35.7. The Morgan fingerprint density at radius 1 is 1.34 bits per heavy atom. The van der Waals surface area contributed by atoms with Gasteiger partial charge in [0.2, 0.25) is 17.5 Å². The monoisotopic (exact) mass is 474 g/mol. The zero-order valence-corrected chi connectivity index (χ0v) is 17.6. The first-order chi connectivity index (χ1) is 15.2. The second-order valence-corrected chi connectivity index (χ2v) is 7.74. The number of rotatable bonds is 5. The highest BCUT2D eigenvalue weighted by Gasteiger charge is 2.38. The number of thioether (sulfide) groups is 1. The number of aromatic nitrogens is 2. The van der Waals surface area contributed by atoms with Gasteiger partial charge in [-0.15, -0.1) is 0 Å². The van der Waals surface area contributed by atoms with E-state index in [1.807, 2.05) is 0 Å². The lowest BCUT2D eigenvalue weighted by molar-refractivity contribution is -0.384. The molecule has 1 aliphatic heterocycles. The summed E-state index contributed by atoms with van der Waals surface area (Å²) in [6.07, 6.45) is 1.42. The van der Waals surface area contributed by atoms with Gasteiger partial charge in [0.25, 0.3) is 11.6 Å². The lowest BCUT2D eigenvalue weighted by Gasteiger charge is -2.10. The molecule has 1 aromatic carbocycles. The molecule has 4 rings (SSSR count). The van der Waals surface area contributed by atoms with E-state index in [0.717, 1.165) is 16.7 Å². The van der Waals surface area contributed by atoms with Gasteiger partial charge in [-0.2, -0.15) is 0 Å². The Hall–Kier alpha value is -3.97. The number of nitrogens with zero attached hydrogens (tertiary/aromatic N) is 4. The van der Waals surface area contributed by atoms with Gasteiger partial charge in [-0.1, -0.05) is 11.6 Å². The number of carbonyl (C=O) groups excluding carboxylic acids is 2.